The molecule has 7 heteroatoms. The van der Waals surface area contributed by atoms with Crippen LogP contribution in [-0.4, -0.2) is 47.6 Å². The van der Waals surface area contributed by atoms with Crippen LogP contribution in [0.2, 0.25) is 0 Å². The van der Waals surface area contributed by atoms with E-state index in [2.05, 4.69) is 47.7 Å². The fraction of sp³-hybridized carbons (Fsp3) is 0.409. The zero-order valence-corrected chi connectivity index (χ0v) is 17.2. The lowest BCUT2D eigenvalue weighted by Gasteiger charge is -2.31. The Kier molecular flexibility index (Phi) is 6.69. The number of nitrogens with one attached hydrogen (secondary N) is 2. The quantitative estimate of drug-likeness (QED) is 0.803. The molecule has 7 nitrogen and oxygen atoms in total. The smallest absolute Gasteiger partial charge is 0.409 e. The molecule has 2 aromatic rings. The van der Waals surface area contributed by atoms with E-state index in [1.165, 1.54) is 11.1 Å². The number of nitrogens with zero attached hydrogens (tertiary/aromatic N) is 2. The molecule has 0 radical (unpaired) electrons. The van der Waals surface area contributed by atoms with Gasteiger partial charge >= 0.3 is 6.09 Å². The number of ether oxygens (including phenoxy) is 1. The van der Waals surface area contributed by atoms with Crippen LogP contribution in [0.5, 0.6) is 0 Å². The number of rotatable bonds is 5. The number of hydrogen-bond acceptors (Lipinski definition) is 5. The number of likely N-dealkylation sites (tertiary alicyclic amines) is 1. The largest absolute Gasteiger partial charge is 0.450 e. The lowest BCUT2D eigenvalue weighted by atomic mass is 10.1. The molecule has 0 atom stereocenters. The van der Waals surface area contributed by atoms with Crippen LogP contribution in [0.25, 0.3) is 0 Å². The lowest BCUT2D eigenvalue weighted by molar-refractivity contribution is 0.0856. The topological polar surface area (TPSA) is 83.6 Å². The predicted octanol–water partition coefficient (Wildman–Crippen LogP) is 3.79. The van der Waals surface area contributed by atoms with Crippen molar-refractivity contribution in [2.75, 3.05) is 25.0 Å². The Hall–Kier alpha value is -3.09. The minimum atomic E-state index is -0.286. The summed E-state index contributed by atoms with van der Waals surface area (Å²) in [6, 6.07) is 9.85. The molecule has 154 valence electrons. The van der Waals surface area contributed by atoms with Crippen LogP contribution >= 0.6 is 0 Å². The summed E-state index contributed by atoms with van der Waals surface area (Å²) in [6.45, 7) is 7.43. The first-order valence-corrected chi connectivity index (χ1v) is 9.98. The van der Waals surface area contributed by atoms with Gasteiger partial charge in [-0.3, -0.25) is 4.79 Å². The van der Waals surface area contributed by atoms with Gasteiger partial charge in [0, 0.05) is 24.8 Å². The van der Waals surface area contributed by atoms with E-state index in [4.69, 9.17) is 4.74 Å². The SMILES string of the molecule is CCOC(=O)N1CCC(NC(=O)c2ccc(Nc3cc(C)cc(C)c3)cn2)CC1. The molecular formula is C22H28N4O3. The van der Waals surface area contributed by atoms with Gasteiger partial charge in [0.25, 0.3) is 5.91 Å². The zero-order chi connectivity index (χ0) is 20.8. The maximum Gasteiger partial charge on any atom is 0.409 e. The molecule has 2 heterocycles. The highest BCUT2D eigenvalue weighted by molar-refractivity contribution is 5.92. The summed E-state index contributed by atoms with van der Waals surface area (Å²) in [5.41, 5.74) is 4.57. The first-order chi connectivity index (χ1) is 13.9. The van der Waals surface area contributed by atoms with Gasteiger partial charge in [-0.2, -0.15) is 0 Å². The van der Waals surface area contributed by atoms with Crippen molar-refractivity contribution in [1.82, 2.24) is 15.2 Å². The second-order valence-corrected chi connectivity index (χ2v) is 7.37. The zero-order valence-electron chi connectivity index (χ0n) is 17.2. The minimum absolute atomic E-state index is 0.0306. The summed E-state index contributed by atoms with van der Waals surface area (Å²) in [5, 5.41) is 6.33. The van der Waals surface area contributed by atoms with Crippen LogP contribution < -0.4 is 10.6 Å². The molecule has 1 aliphatic heterocycles. The molecular weight excluding hydrogens is 368 g/mol. The van der Waals surface area contributed by atoms with Gasteiger partial charge < -0.3 is 20.3 Å². The van der Waals surface area contributed by atoms with Crippen molar-refractivity contribution in [2.24, 2.45) is 0 Å². The standard InChI is InChI=1S/C22H28N4O3/c1-4-29-22(28)26-9-7-17(8-10-26)25-21(27)20-6-5-18(14-23-20)24-19-12-15(2)11-16(3)13-19/h5-6,11-14,17,24H,4,7-10H2,1-3H3,(H,25,27). The number of carbonyl (C=O) groups excluding carboxylic acids is 2. The number of anilines is 2. The fourth-order valence-corrected chi connectivity index (χ4v) is 3.50. The van der Waals surface area contributed by atoms with Crippen LogP contribution in [-0.2, 0) is 4.74 Å². The van der Waals surface area contributed by atoms with Crippen LogP contribution in [0.15, 0.2) is 36.5 Å². The second kappa shape index (κ2) is 9.41. The molecule has 29 heavy (non-hydrogen) atoms. The number of amides is 2. The van der Waals surface area contributed by atoms with Crippen molar-refractivity contribution in [3.63, 3.8) is 0 Å². The first-order valence-electron chi connectivity index (χ1n) is 9.98. The third-order valence-electron chi connectivity index (χ3n) is 4.86. The second-order valence-electron chi connectivity index (χ2n) is 7.37. The van der Waals surface area contributed by atoms with Crippen LogP contribution in [0, 0.1) is 13.8 Å². The van der Waals surface area contributed by atoms with Crippen LogP contribution in [0.4, 0.5) is 16.2 Å². The molecule has 1 saturated heterocycles. The average molecular weight is 396 g/mol. The Balaban J connectivity index is 1.52. The van der Waals surface area contributed by atoms with Gasteiger partial charge in [0.15, 0.2) is 0 Å². The highest BCUT2D eigenvalue weighted by Crippen LogP contribution is 2.19. The van der Waals surface area contributed by atoms with Gasteiger partial charge in [-0.15, -0.1) is 0 Å². The maximum absolute atomic E-state index is 12.5. The van der Waals surface area contributed by atoms with Gasteiger partial charge in [-0.05, 0) is 69.0 Å². The molecule has 0 unspecified atom stereocenters. The Morgan fingerprint density at radius 2 is 1.79 bits per heavy atom. The van der Waals surface area contributed by atoms with Crippen molar-refractivity contribution in [2.45, 2.75) is 39.7 Å². The number of pyridine rings is 1. The number of benzene rings is 1. The van der Waals surface area contributed by atoms with Crippen molar-refractivity contribution < 1.29 is 14.3 Å². The van der Waals surface area contributed by atoms with E-state index < -0.39 is 0 Å². The minimum Gasteiger partial charge on any atom is -0.450 e. The van der Waals surface area contributed by atoms with E-state index in [1.807, 2.05) is 6.07 Å². The van der Waals surface area contributed by atoms with E-state index in [-0.39, 0.29) is 18.0 Å². The van der Waals surface area contributed by atoms with Crippen molar-refractivity contribution in [3.8, 4) is 0 Å². The molecule has 3 rings (SSSR count). The monoisotopic (exact) mass is 396 g/mol. The van der Waals surface area contributed by atoms with Gasteiger partial charge in [-0.1, -0.05) is 6.07 Å². The van der Waals surface area contributed by atoms with Gasteiger partial charge in [-0.25, -0.2) is 9.78 Å². The van der Waals surface area contributed by atoms with E-state index in [0.717, 1.165) is 11.4 Å². The van der Waals surface area contributed by atoms with Crippen molar-refractivity contribution in [1.29, 1.82) is 0 Å². The van der Waals surface area contributed by atoms with E-state index in [0.29, 0.717) is 38.2 Å². The molecule has 1 aliphatic rings. The Labute approximate surface area is 171 Å². The molecule has 0 spiro atoms. The number of aromatic nitrogens is 1. The number of aryl methyl sites for hydroxylation is 2. The van der Waals surface area contributed by atoms with Crippen molar-refractivity contribution >= 4 is 23.4 Å². The number of piperidine rings is 1. The molecule has 1 fully saturated rings. The number of carbonyl (C=O) groups is 2. The Morgan fingerprint density at radius 3 is 2.38 bits per heavy atom. The first kappa shape index (κ1) is 20.6. The normalized spacial score (nSPS) is 14.4. The predicted molar refractivity (Wildman–Crippen MR) is 113 cm³/mol. The van der Waals surface area contributed by atoms with Crippen LogP contribution in [0.3, 0.4) is 0 Å². The summed E-state index contributed by atoms with van der Waals surface area (Å²) in [5.74, 6) is -0.197. The molecule has 1 aromatic heterocycles. The molecule has 1 aromatic carbocycles. The van der Waals surface area contributed by atoms with E-state index >= 15 is 0 Å². The van der Waals surface area contributed by atoms with E-state index in [9.17, 15) is 9.59 Å². The fourth-order valence-electron chi connectivity index (χ4n) is 3.50. The summed E-state index contributed by atoms with van der Waals surface area (Å²) in [4.78, 5) is 30.2. The van der Waals surface area contributed by atoms with Crippen molar-refractivity contribution in [3.05, 3.63) is 53.3 Å². The molecule has 0 aliphatic carbocycles. The van der Waals surface area contributed by atoms with Gasteiger partial charge in [0.1, 0.15) is 5.69 Å². The highest BCUT2D eigenvalue weighted by atomic mass is 16.6. The Morgan fingerprint density at radius 1 is 1.10 bits per heavy atom. The van der Waals surface area contributed by atoms with Gasteiger partial charge in [0.05, 0.1) is 18.5 Å². The highest BCUT2D eigenvalue weighted by Gasteiger charge is 2.25. The molecule has 2 N–H and O–H groups in total. The maximum atomic E-state index is 12.5. The molecule has 2 amide bonds. The summed E-state index contributed by atoms with van der Waals surface area (Å²) < 4.78 is 5.02. The average Bonchev–Trinajstić information content (AvgIpc) is 2.68. The van der Waals surface area contributed by atoms with Crippen LogP contribution in [0.1, 0.15) is 41.4 Å². The number of hydrogen-bond donors (Lipinski definition) is 2. The summed E-state index contributed by atoms with van der Waals surface area (Å²) in [6.07, 6.45) is 2.79. The summed E-state index contributed by atoms with van der Waals surface area (Å²) in [7, 11) is 0. The third-order valence-corrected chi connectivity index (χ3v) is 4.86. The van der Waals surface area contributed by atoms with Gasteiger partial charge in [0.2, 0.25) is 0 Å². The lowest BCUT2D eigenvalue weighted by Crippen LogP contribution is -2.46. The molecule has 0 saturated carbocycles. The van der Waals surface area contributed by atoms with E-state index in [1.54, 1.807) is 24.1 Å². The Bertz CT molecular complexity index is 839. The summed E-state index contributed by atoms with van der Waals surface area (Å²) >= 11 is 0. The molecule has 0 bridgehead atoms. The third kappa shape index (κ3) is 5.70.